The lowest BCUT2D eigenvalue weighted by Crippen LogP contribution is -2.22. The van der Waals surface area contributed by atoms with Crippen LogP contribution in [0.5, 0.6) is 5.75 Å². The molecule has 0 fully saturated rings. The van der Waals surface area contributed by atoms with E-state index in [0.29, 0.717) is 38.1 Å². The van der Waals surface area contributed by atoms with Gasteiger partial charge in [0.1, 0.15) is 17.3 Å². The Bertz CT molecular complexity index is 1250. The third kappa shape index (κ3) is 4.28. The molecule has 148 valence electrons. The molecule has 5 nitrogen and oxygen atoms in total. The van der Waals surface area contributed by atoms with Crippen molar-refractivity contribution in [1.82, 2.24) is 0 Å². The highest BCUT2D eigenvalue weighted by atomic mass is 79.9. The molecule has 0 bridgehead atoms. The van der Waals surface area contributed by atoms with E-state index in [2.05, 4.69) is 25.6 Å². The smallest absolute Gasteiger partial charge is 0.286 e. The fourth-order valence-electron chi connectivity index (χ4n) is 2.80. The predicted octanol–water partition coefficient (Wildman–Crippen LogP) is 5.90. The molecule has 9 heteroatoms. The van der Waals surface area contributed by atoms with Crippen molar-refractivity contribution in [3.63, 3.8) is 0 Å². The van der Waals surface area contributed by atoms with E-state index < -0.39 is 10.0 Å². The molecule has 1 N–H and O–H groups in total. The number of halogens is 3. The van der Waals surface area contributed by atoms with Crippen LogP contribution in [-0.2, 0) is 16.6 Å². The molecule has 3 aromatic rings. The quantitative estimate of drug-likeness (QED) is 0.473. The van der Waals surface area contributed by atoms with Crippen LogP contribution in [-0.4, -0.2) is 14.3 Å². The third-order valence-electron chi connectivity index (χ3n) is 4.21. The zero-order valence-corrected chi connectivity index (χ0v) is 18.6. The van der Waals surface area contributed by atoms with Crippen molar-refractivity contribution in [2.45, 2.75) is 11.5 Å². The van der Waals surface area contributed by atoms with Crippen molar-refractivity contribution in [3.05, 3.63) is 86.3 Å². The van der Waals surface area contributed by atoms with Crippen LogP contribution in [0.15, 0.2) is 74.4 Å². The van der Waals surface area contributed by atoms with Gasteiger partial charge in [0.05, 0.1) is 20.2 Å². The molecule has 0 amide bonds. The Morgan fingerprint density at radius 2 is 1.79 bits per heavy atom. The maximum Gasteiger partial charge on any atom is 0.286 e. The number of rotatable bonds is 4. The molecule has 1 aliphatic heterocycles. The van der Waals surface area contributed by atoms with Crippen molar-refractivity contribution in [1.29, 1.82) is 0 Å². The first-order valence-corrected chi connectivity index (χ1v) is 11.4. The normalized spacial score (nSPS) is 14.5. The summed E-state index contributed by atoms with van der Waals surface area (Å²) >= 11 is 15.4. The van der Waals surface area contributed by atoms with Crippen molar-refractivity contribution in [2.75, 3.05) is 5.32 Å². The molecule has 0 atom stereocenters. The van der Waals surface area contributed by atoms with Gasteiger partial charge in [0.15, 0.2) is 5.84 Å². The van der Waals surface area contributed by atoms with Gasteiger partial charge >= 0.3 is 0 Å². The highest BCUT2D eigenvalue weighted by Crippen LogP contribution is 2.31. The predicted molar refractivity (Wildman–Crippen MR) is 119 cm³/mol. The first-order chi connectivity index (χ1) is 13.8. The van der Waals surface area contributed by atoms with Crippen LogP contribution in [0.3, 0.4) is 0 Å². The molecule has 0 aromatic heterocycles. The molecular formula is C20H13BrCl2N2O3S. The molecule has 1 aliphatic rings. The second-order valence-corrected chi connectivity index (χ2v) is 9.46. The topological polar surface area (TPSA) is 67.8 Å². The number of nitrogens with zero attached hydrogens (tertiary/aromatic N) is 1. The van der Waals surface area contributed by atoms with E-state index in [1.54, 1.807) is 48.5 Å². The summed E-state index contributed by atoms with van der Waals surface area (Å²) in [6, 6.07) is 17.2. The number of amidine groups is 1. The highest BCUT2D eigenvalue weighted by molar-refractivity contribution is 9.10. The standard InChI is InChI=1S/C20H13BrCl2N2O3S/c21-14-10-13(20-24-17-3-1-2-4-19(17)29(26,27)25-20)6-8-18(14)28-11-12-5-7-15(22)16(23)9-12/h1-10H,11H2,(H,24,25). The van der Waals surface area contributed by atoms with Gasteiger partial charge in [-0.15, -0.1) is 4.40 Å². The molecule has 0 spiro atoms. The Balaban J connectivity index is 1.56. The van der Waals surface area contributed by atoms with Gasteiger partial charge in [0, 0.05) is 5.56 Å². The van der Waals surface area contributed by atoms with Crippen LogP contribution in [0.25, 0.3) is 0 Å². The molecule has 4 rings (SSSR count). The SMILES string of the molecule is O=S1(=O)N=C(c2ccc(OCc3ccc(Cl)c(Cl)c3)c(Br)c2)Nc2ccccc21. The summed E-state index contributed by atoms with van der Waals surface area (Å²) in [5.41, 5.74) is 1.97. The summed E-state index contributed by atoms with van der Waals surface area (Å²) in [7, 11) is -3.76. The van der Waals surface area contributed by atoms with Crippen molar-refractivity contribution in [3.8, 4) is 5.75 Å². The van der Waals surface area contributed by atoms with Gasteiger partial charge in [-0.1, -0.05) is 41.4 Å². The highest BCUT2D eigenvalue weighted by Gasteiger charge is 2.25. The summed E-state index contributed by atoms with van der Waals surface area (Å²) in [6.07, 6.45) is 0. The van der Waals surface area contributed by atoms with E-state index in [4.69, 9.17) is 27.9 Å². The van der Waals surface area contributed by atoms with E-state index in [-0.39, 0.29) is 10.7 Å². The zero-order chi connectivity index (χ0) is 20.6. The number of para-hydroxylation sites is 1. The van der Waals surface area contributed by atoms with E-state index in [1.165, 1.54) is 6.07 Å². The van der Waals surface area contributed by atoms with Crippen LogP contribution in [0.4, 0.5) is 5.69 Å². The van der Waals surface area contributed by atoms with Gasteiger partial charge in [-0.05, 0) is 64.0 Å². The van der Waals surface area contributed by atoms with Crippen LogP contribution < -0.4 is 10.1 Å². The number of nitrogens with one attached hydrogen (secondary N) is 1. The first kappa shape index (κ1) is 20.2. The Morgan fingerprint density at radius 3 is 2.55 bits per heavy atom. The van der Waals surface area contributed by atoms with E-state index in [1.807, 2.05) is 6.07 Å². The van der Waals surface area contributed by atoms with Gasteiger partial charge in [0.2, 0.25) is 0 Å². The van der Waals surface area contributed by atoms with Crippen LogP contribution in [0.1, 0.15) is 11.1 Å². The number of benzene rings is 3. The van der Waals surface area contributed by atoms with E-state index in [9.17, 15) is 8.42 Å². The lowest BCUT2D eigenvalue weighted by Gasteiger charge is -2.18. The molecule has 3 aromatic carbocycles. The fraction of sp³-hybridized carbons (Fsp3) is 0.0500. The van der Waals surface area contributed by atoms with Crippen LogP contribution in [0.2, 0.25) is 10.0 Å². The number of sulfonamides is 1. The monoisotopic (exact) mass is 510 g/mol. The summed E-state index contributed by atoms with van der Waals surface area (Å²) < 4.78 is 35.3. The molecule has 0 saturated carbocycles. The summed E-state index contributed by atoms with van der Waals surface area (Å²) in [6.45, 7) is 0.301. The van der Waals surface area contributed by atoms with E-state index in [0.717, 1.165) is 5.56 Å². The molecule has 0 radical (unpaired) electrons. The maximum absolute atomic E-state index is 12.4. The molecule has 0 unspecified atom stereocenters. The Kier molecular flexibility index (Phi) is 5.57. The average Bonchev–Trinajstić information content (AvgIpc) is 2.69. The largest absolute Gasteiger partial charge is 0.488 e. The molecule has 0 aliphatic carbocycles. The number of anilines is 1. The lowest BCUT2D eigenvalue weighted by molar-refractivity contribution is 0.304. The minimum absolute atomic E-state index is 0.157. The maximum atomic E-state index is 12.4. The van der Waals surface area contributed by atoms with Gasteiger partial charge in [-0.2, -0.15) is 8.42 Å². The van der Waals surface area contributed by atoms with Gasteiger partial charge in [-0.25, -0.2) is 0 Å². The lowest BCUT2D eigenvalue weighted by atomic mass is 10.2. The zero-order valence-electron chi connectivity index (χ0n) is 14.7. The minimum atomic E-state index is -3.76. The summed E-state index contributed by atoms with van der Waals surface area (Å²) in [4.78, 5) is 0.157. The second-order valence-electron chi connectivity index (χ2n) is 6.22. The molecule has 1 heterocycles. The summed E-state index contributed by atoms with van der Waals surface area (Å²) in [5, 5.41) is 4.01. The van der Waals surface area contributed by atoms with Crippen LogP contribution >= 0.6 is 39.1 Å². The Morgan fingerprint density at radius 1 is 1.00 bits per heavy atom. The Labute approximate surface area is 186 Å². The molecular weight excluding hydrogens is 499 g/mol. The minimum Gasteiger partial charge on any atom is -0.488 e. The number of hydrogen-bond acceptors (Lipinski definition) is 4. The fourth-order valence-corrected chi connectivity index (χ4v) is 4.75. The third-order valence-corrected chi connectivity index (χ3v) is 6.91. The van der Waals surface area contributed by atoms with Gasteiger partial charge in [-0.3, -0.25) is 0 Å². The Hall–Kier alpha value is -2.06. The van der Waals surface area contributed by atoms with Crippen LogP contribution in [0, 0.1) is 0 Å². The molecule has 0 saturated heterocycles. The average molecular weight is 512 g/mol. The number of hydrogen-bond donors (Lipinski definition) is 1. The van der Waals surface area contributed by atoms with Crippen molar-refractivity contribution in [2.24, 2.45) is 4.40 Å². The van der Waals surface area contributed by atoms with Gasteiger partial charge in [0.25, 0.3) is 10.0 Å². The number of ether oxygens (including phenoxy) is 1. The second kappa shape index (κ2) is 7.99. The number of fused-ring (bicyclic) bond motifs is 1. The first-order valence-electron chi connectivity index (χ1n) is 8.41. The molecule has 29 heavy (non-hydrogen) atoms. The van der Waals surface area contributed by atoms with Crippen molar-refractivity contribution >= 4 is 60.7 Å². The van der Waals surface area contributed by atoms with E-state index >= 15 is 0 Å². The summed E-state index contributed by atoms with van der Waals surface area (Å²) in [5.74, 6) is 0.847. The van der Waals surface area contributed by atoms with Gasteiger partial charge < -0.3 is 10.1 Å². The van der Waals surface area contributed by atoms with Crippen molar-refractivity contribution < 1.29 is 13.2 Å².